The Morgan fingerprint density at radius 1 is 1.25 bits per heavy atom. The van der Waals surface area contributed by atoms with Crippen LogP contribution in [0, 0.1) is 6.92 Å². The molecule has 2 aromatic carbocycles. The molecule has 0 bridgehead atoms. The summed E-state index contributed by atoms with van der Waals surface area (Å²) in [4.78, 5) is 12.8. The molecule has 1 aliphatic rings. The number of aryl methyl sites for hydroxylation is 1. The number of sulfonamides is 1. The van der Waals surface area contributed by atoms with Crippen molar-refractivity contribution in [2.75, 3.05) is 24.2 Å². The summed E-state index contributed by atoms with van der Waals surface area (Å²) in [5.74, 6) is 1.14. The van der Waals surface area contributed by atoms with Crippen LogP contribution < -0.4 is 19.1 Å². The maximum atomic E-state index is 12.8. The molecule has 174 valence electrons. The molecule has 8 heteroatoms. The van der Waals surface area contributed by atoms with Crippen LogP contribution in [-0.2, 0) is 14.8 Å². The summed E-state index contributed by atoms with van der Waals surface area (Å²) in [6.07, 6.45) is 2.40. The molecule has 1 heterocycles. The second-order valence-corrected chi connectivity index (χ2v) is 10.7. The fourth-order valence-electron chi connectivity index (χ4n) is 4.05. The molecule has 7 nitrogen and oxygen atoms in total. The lowest BCUT2D eigenvalue weighted by Gasteiger charge is -2.38. The van der Waals surface area contributed by atoms with E-state index < -0.39 is 15.6 Å². The number of nitrogens with zero attached hydrogens (tertiary/aromatic N) is 1. The third kappa shape index (κ3) is 5.73. The van der Waals surface area contributed by atoms with Crippen LogP contribution in [0.5, 0.6) is 11.5 Å². The molecule has 0 aliphatic carbocycles. The van der Waals surface area contributed by atoms with E-state index in [9.17, 15) is 13.2 Å². The zero-order valence-corrected chi connectivity index (χ0v) is 20.2. The number of hydrogen-bond donors (Lipinski definition) is 1. The van der Waals surface area contributed by atoms with Crippen LogP contribution in [0.3, 0.4) is 0 Å². The highest BCUT2D eigenvalue weighted by Gasteiger charge is 2.34. The minimum Gasteiger partial charge on any atom is -0.495 e. The van der Waals surface area contributed by atoms with Crippen molar-refractivity contribution in [1.82, 2.24) is 5.32 Å². The lowest BCUT2D eigenvalue weighted by molar-refractivity contribution is -0.122. The predicted octanol–water partition coefficient (Wildman–Crippen LogP) is 3.97. The maximum absolute atomic E-state index is 12.8. The first kappa shape index (κ1) is 23.9. The van der Waals surface area contributed by atoms with Crippen LogP contribution in [0.2, 0.25) is 0 Å². The van der Waals surface area contributed by atoms with Gasteiger partial charge in [-0.1, -0.05) is 29.8 Å². The summed E-state index contributed by atoms with van der Waals surface area (Å²) in [6, 6.07) is 12.8. The Kier molecular flexibility index (Phi) is 7.03. The topological polar surface area (TPSA) is 84.9 Å². The van der Waals surface area contributed by atoms with E-state index in [4.69, 9.17) is 9.47 Å². The first-order chi connectivity index (χ1) is 15.0. The molecule has 0 aromatic heterocycles. The lowest BCUT2D eigenvalue weighted by atomic mass is 9.89. The number of methoxy groups -OCH3 is 1. The molecule has 1 atom stereocenters. The second kappa shape index (κ2) is 9.40. The molecule has 1 N–H and O–H groups in total. The third-order valence-corrected chi connectivity index (χ3v) is 6.66. The Balaban J connectivity index is 1.67. The van der Waals surface area contributed by atoms with Crippen molar-refractivity contribution in [2.45, 2.75) is 51.7 Å². The van der Waals surface area contributed by atoms with Gasteiger partial charge in [-0.15, -0.1) is 0 Å². The largest absolute Gasteiger partial charge is 0.495 e. The summed E-state index contributed by atoms with van der Waals surface area (Å²) in [7, 11) is -2.03. The van der Waals surface area contributed by atoms with Gasteiger partial charge in [0.05, 0.1) is 25.1 Å². The second-order valence-electron chi connectivity index (χ2n) is 8.84. The van der Waals surface area contributed by atoms with Crippen molar-refractivity contribution in [3.63, 3.8) is 0 Å². The highest BCUT2D eigenvalue weighted by atomic mass is 32.2. The summed E-state index contributed by atoms with van der Waals surface area (Å²) in [5.41, 5.74) is 2.15. The minimum atomic E-state index is -3.53. The van der Waals surface area contributed by atoms with Crippen molar-refractivity contribution in [1.29, 1.82) is 0 Å². The smallest absolute Gasteiger partial charge is 0.232 e. The van der Waals surface area contributed by atoms with Gasteiger partial charge >= 0.3 is 0 Å². The monoisotopic (exact) mass is 460 g/mol. The normalized spacial score (nSPS) is 17.1. The van der Waals surface area contributed by atoms with E-state index in [1.54, 1.807) is 24.3 Å². The maximum Gasteiger partial charge on any atom is 0.232 e. The van der Waals surface area contributed by atoms with Gasteiger partial charge in [0.25, 0.3) is 0 Å². The zero-order valence-electron chi connectivity index (χ0n) is 19.3. The summed E-state index contributed by atoms with van der Waals surface area (Å²) in [6.45, 7) is 6.20. The quantitative estimate of drug-likeness (QED) is 0.644. The number of carbonyl (C=O) groups excluding carboxylic acids is 1. The highest BCUT2D eigenvalue weighted by molar-refractivity contribution is 7.92. The molecule has 0 saturated heterocycles. The molecule has 2 aromatic rings. The van der Waals surface area contributed by atoms with E-state index >= 15 is 0 Å². The number of ether oxygens (including phenoxy) is 2. The molecule has 0 fully saturated rings. The summed E-state index contributed by atoms with van der Waals surface area (Å²) < 4.78 is 37.5. The Labute approximate surface area is 190 Å². The Bertz CT molecular complexity index is 1080. The molecule has 32 heavy (non-hydrogen) atoms. The molecular weight excluding hydrogens is 428 g/mol. The standard InChI is InChI=1S/C24H32N2O5S/c1-17-12-13-21-18(15-17)19(16-24(2,3)31-21)25-23(27)11-8-14-26(32(5,28)29)20-9-6-7-10-22(20)30-4/h6-7,9-10,12-13,15,19H,8,11,14,16H2,1-5H3,(H,25,27)/t19-/m0/s1. The van der Waals surface area contributed by atoms with Crippen molar-refractivity contribution in [2.24, 2.45) is 0 Å². The van der Waals surface area contributed by atoms with E-state index in [2.05, 4.69) is 5.32 Å². The molecule has 0 saturated carbocycles. The van der Waals surface area contributed by atoms with Crippen molar-refractivity contribution >= 4 is 21.6 Å². The average Bonchev–Trinajstić information content (AvgIpc) is 2.70. The number of anilines is 1. The molecule has 0 radical (unpaired) electrons. The van der Waals surface area contributed by atoms with Gasteiger partial charge in [0, 0.05) is 24.9 Å². The van der Waals surface area contributed by atoms with E-state index in [0.717, 1.165) is 23.1 Å². The van der Waals surface area contributed by atoms with Gasteiger partial charge in [-0.25, -0.2) is 8.42 Å². The van der Waals surface area contributed by atoms with Gasteiger partial charge in [0.1, 0.15) is 17.1 Å². The number of benzene rings is 2. The number of fused-ring (bicyclic) bond motifs is 1. The first-order valence-electron chi connectivity index (χ1n) is 10.7. The highest BCUT2D eigenvalue weighted by Crippen LogP contribution is 2.40. The fraction of sp³-hybridized carbons (Fsp3) is 0.458. The fourth-order valence-corrected chi connectivity index (χ4v) is 5.02. The number of nitrogens with one attached hydrogen (secondary N) is 1. The van der Waals surface area contributed by atoms with E-state index in [0.29, 0.717) is 24.3 Å². The Hall–Kier alpha value is -2.74. The first-order valence-corrected chi connectivity index (χ1v) is 12.5. The van der Waals surface area contributed by atoms with Gasteiger partial charge in [-0.05, 0) is 45.4 Å². The summed E-state index contributed by atoms with van der Waals surface area (Å²) >= 11 is 0. The minimum absolute atomic E-state index is 0.117. The zero-order chi connectivity index (χ0) is 23.5. The van der Waals surface area contributed by atoms with Crippen LogP contribution in [0.4, 0.5) is 5.69 Å². The van der Waals surface area contributed by atoms with Crippen LogP contribution in [0.25, 0.3) is 0 Å². The van der Waals surface area contributed by atoms with Crippen LogP contribution in [0.15, 0.2) is 42.5 Å². The van der Waals surface area contributed by atoms with Crippen LogP contribution in [0.1, 0.15) is 50.3 Å². The average molecular weight is 461 g/mol. The van der Waals surface area contributed by atoms with Gasteiger partial charge in [0.2, 0.25) is 15.9 Å². The lowest BCUT2D eigenvalue weighted by Crippen LogP contribution is -2.41. The number of carbonyl (C=O) groups is 1. The van der Waals surface area contributed by atoms with Crippen molar-refractivity contribution < 1.29 is 22.7 Å². The Morgan fingerprint density at radius 2 is 1.97 bits per heavy atom. The molecule has 0 unspecified atom stereocenters. The van der Waals surface area contributed by atoms with Crippen molar-refractivity contribution in [3.05, 3.63) is 53.6 Å². The van der Waals surface area contributed by atoms with E-state index in [-0.39, 0.29) is 24.9 Å². The Morgan fingerprint density at radius 3 is 2.66 bits per heavy atom. The van der Waals surface area contributed by atoms with Gasteiger partial charge in [-0.3, -0.25) is 9.10 Å². The number of rotatable bonds is 8. The van der Waals surface area contributed by atoms with Crippen LogP contribution >= 0.6 is 0 Å². The van der Waals surface area contributed by atoms with Gasteiger partial charge in [0.15, 0.2) is 0 Å². The SMILES string of the molecule is COc1ccccc1N(CCCC(=O)N[C@H]1CC(C)(C)Oc2ccc(C)cc21)S(C)(=O)=O. The predicted molar refractivity (Wildman–Crippen MR) is 126 cm³/mol. The number of hydrogen-bond acceptors (Lipinski definition) is 5. The van der Waals surface area contributed by atoms with Gasteiger partial charge < -0.3 is 14.8 Å². The van der Waals surface area contributed by atoms with Gasteiger partial charge in [-0.2, -0.15) is 0 Å². The molecule has 0 spiro atoms. The van der Waals surface area contributed by atoms with E-state index in [1.165, 1.54) is 11.4 Å². The van der Waals surface area contributed by atoms with Crippen LogP contribution in [-0.4, -0.2) is 39.8 Å². The molecule has 1 aliphatic heterocycles. The van der Waals surface area contributed by atoms with E-state index in [1.807, 2.05) is 39.0 Å². The molecular formula is C24H32N2O5S. The number of para-hydroxylation sites is 2. The summed E-state index contributed by atoms with van der Waals surface area (Å²) in [5, 5.41) is 3.12. The molecule has 1 amide bonds. The molecule has 3 rings (SSSR count). The number of amides is 1. The third-order valence-electron chi connectivity index (χ3n) is 5.48. The van der Waals surface area contributed by atoms with Crippen molar-refractivity contribution in [3.8, 4) is 11.5 Å².